The number of benzene rings is 1. The first-order chi connectivity index (χ1) is 6.82. The fraction of sp³-hybridized carbons (Fsp3) is 0.600. The molecule has 0 amide bonds. The summed E-state index contributed by atoms with van der Waals surface area (Å²) in [5.41, 5.74) is 5.41. The van der Waals surface area contributed by atoms with Gasteiger partial charge in [0.15, 0.2) is 0 Å². The standard InChI is InChI=1S/C15H22/c1-14(2,3)12-7-6-8-13-11(12)9-10-15(13,4)5/h6-8H,9-10H2,1-5H3. The monoisotopic (exact) mass is 202 g/mol. The summed E-state index contributed by atoms with van der Waals surface area (Å²) in [7, 11) is 0. The van der Waals surface area contributed by atoms with Crippen LogP contribution in [0.5, 0.6) is 0 Å². The molecule has 1 aliphatic rings. The van der Waals surface area contributed by atoms with Crippen LogP contribution in [0.15, 0.2) is 18.2 Å². The Morgan fingerprint density at radius 1 is 1.13 bits per heavy atom. The molecule has 0 bridgehead atoms. The smallest absolute Gasteiger partial charge is 0.00976 e. The molecule has 1 aliphatic carbocycles. The molecular formula is C15H22. The van der Waals surface area contributed by atoms with Gasteiger partial charge in [-0.2, -0.15) is 0 Å². The summed E-state index contributed by atoms with van der Waals surface area (Å²) in [6.45, 7) is 11.7. The third kappa shape index (κ3) is 1.71. The van der Waals surface area contributed by atoms with Crippen molar-refractivity contribution in [2.75, 3.05) is 0 Å². The maximum Gasteiger partial charge on any atom is -0.00976 e. The lowest BCUT2D eigenvalue weighted by Gasteiger charge is -2.24. The van der Waals surface area contributed by atoms with Gasteiger partial charge in [0.2, 0.25) is 0 Å². The number of fused-ring (bicyclic) bond motifs is 1. The van der Waals surface area contributed by atoms with Crippen molar-refractivity contribution in [2.24, 2.45) is 0 Å². The summed E-state index contributed by atoms with van der Waals surface area (Å²) < 4.78 is 0. The highest BCUT2D eigenvalue weighted by Gasteiger charge is 2.32. The minimum atomic E-state index is 0.283. The van der Waals surface area contributed by atoms with Gasteiger partial charge in [-0.05, 0) is 40.4 Å². The maximum absolute atomic E-state index is 2.37. The van der Waals surface area contributed by atoms with Crippen molar-refractivity contribution in [3.8, 4) is 0 Å². The van der Waals surface area contributed by atoms with E-state index in [9.17, 15) is 0 Å². The molecule has 0 N–H and O–H groups in total. The predicted molar refractivity (Wildman–Crippen MR) is 66.5 cm³/mol. The Bertz CT molecular complexity index is 378. The Labute approximate surface area is 93.7 Å². The third-order valence-electron chi connectivity index (χ3n) is 3.71. The molecule has 0 aliphatic heterocycles. The second-order valence-corrected chi connectivity index (χ2v) is 6.47. The predicted octanol–water partition coefficient (Wildman–Crippen LogP) is 4.21. The first-order valence-corrected chi connectivity index (χ1v) is 5.95. The van der Waals surface area contributed by atoms with Crippen molar-refractivity contribution in [1.82, 2.24) is 0 Å². The largest absolute Gasteiger partial charge is 0.0617 e. The van der Waals surface area contributed by atoms with Gasteiger partial charge >= 0.3 is 0 Å². The summed E-state index contributed by atoms with van der Waals surface area (Å²) >= 11 is 0. The highest BCUT2D eigenvalue weighted by atomic mass is 14.4. The van der Waals surface area contributed by atoms with Crippen LogP contribution in [0.25, 0.3) is 0 Å². The van der Waals surface area contributed by atoms with E-state index in [2.05, 4.69) is 52.8 Å². The average molecular weight is 202 g/mol. The Balaban J connectivity index is 2.60. The lowest BCUT2D eigenvalue weighted by atomic mass is 9.80. The molecule has 0 saturated carbocycles. The Hall–Kier alpha value is -0.780. The maximum atomic E-state index is 2.37. The molecule has 0 unspecified atom stereocenters. The second kappa shape index (κ2) is 3.10. The number of hydrogen-bond acceptors (Lipinski definition) is 0. The molecule has 15 heavy (non-hydrogen) atoms. The first kappa shape index (κ1) is 10.7. The van der Waals surface area contributed by atoms with E-state index >= 15 is 0 Å². The molecule has 0 heteroatoms. The Kier molecular flexibility index (Phi) is 2.22. The molecule has 0 saturated heterocycles. The van der Waals surface area contributed by atoms with Crippen LogP contribution in [0.3, 0.4) is 0 Å². The molecular weight excluding hydrogens is 180 g/mol. The molecule has 0 radical (unpaired) electrons. The van der Waals surface area contributed by atoms with Crippen molar-refractivity contribution in [3.05, 3.63) is 34.9 Å². The van der Waals surface area contributed by atoms with Gasteiger partial charge in [0.1, 0.15) is 0 Å². The van der Waals surface area contributed by atoms with E-state index in [-0.39, 0.29) is 5.41 Å². The van der Waals surface area contributed by atoms with Crippen molar-refractivity contribution in [1.29, 1.82) is 0 Å². The molecule has 0 aromatic heterocycles. The SMILES string of the molecule is CC(C)(C)c1cccc2c1CCC2(C)C. The lowest BCUT2D eigenvalue weighted by molar-refractivity contribution is 0.522. The van der Waals surface area contributed by atoms with Gasteiger partial charge in [0, 0.05) is 0 Å². The topological polar surface area (TPSA) is 0 Å². The molecule has 1 aromatic rings. The fourth-order valence-electron chi connectivity index (χ4n) is 2.77. The van der Waals surface area contributed by atoms with Crippen LogP contribution < -0.4 is 0 Å². The van der Waals surface area contributed by atoms with Crippen molar-refractivity contribution < 1.29 is 0 Å². The zero-order valence-corrected chi connectivity index (χ0v) is 10.6. The summed E-state index contributed by atoms with van der Waals surface area (Å²) in [4.78, 5) is 0. The molecule has 0 fully saturated rings. The molecule has 0 atom stereocenters. The summed E-state index contributed by atoms with van der Waals surface area (Å²) in [6, 6.07) is 6.85. The van der Waals surface area contributed by atoms with Crippen molar-refractivity contribution in [3.63, 3.8) is 0 Å². The second-order valence-electron chi connectivity index (χ2n) is 6.47. The fourth-order valence-corrected chi connectivity index (χ4v) is 2.77. The zero-order valence-electron chi connectivity index (χ0n) is 10.6. The van der Waals surface area contributed by atoms with E-state index in [1.807, 2.05) is 0 Å². The van der Waals surface area contributed by atoms with Gasteiger partial charge in [0.05, 0.1) is 0 Å². The molecule has 0 heterocycles. The van der Waals surface area contributed by atoms with Crippen LogP contribution in [0.4, 0.5) is 0 Å². The Morgan fingerprint density at radius 3 is 2.40 bits per heavy atom. The van der Waals surface area contributed by atoms with E-state index in [1.165, 1.54) is 12.8 Å². The van der Waals surface area contributed by atoms with Crippen LogP contribution >= 0.6 is 0 Å². The minimum absolute atomic E-state index is 0.283. The number of hydrogen-bond donors (Lipinski definition) is 0. The summed E-state index contributed by atoms with van der Waals surface area (Å²) in [5, 5.41) is 0. The van der Waals surface area contributed by atoms with Gasteiger partial charge < -0.3 is 0 Å². The molecule has 2 rings (SSSR count). The normalized spacial score (nSPS) is 19.0. The van der Waals surface area contributed by atoms with E-state index in [1.54, 1.807) is 16.7 Å². The molecule has 82 valence electrons. The summed E-state index contributed by atoms with van der Waals surface area (Å²) in [6.07, 6.45) is 2.56. The van der Waals surface area contributed by atoms with Crippen LogP contribution in [0.2, 0.25) is 0 Å². The first-order valence-electron chi connectivity index (χ1n) is 5.95. The van der Waals surface area contributed by atoms with Gasteiger partial charge in [-0.3, -0.25) is 0 Å². The van der Waals surface area contributed by atoms with E-state index in [0.29, 0.717) is 5.41 Å². The highest BCUT2D eigenvalue weighted by Crippen LogP contribution is 2.42. The molecule has 0 spiro atoms. The van der Waals surface area contributed by atoms with E-state index in [0.717, 1.165) is 0 Å². The molecule has 1 aromatic carbocycles. The van der Waals surface area contributed by atoms with E-state index in [4.69, 9.17) is 0 Å². The summed E-state index contributed by atoms with van der Waals surface area (Å²) in [5.74, 6) is 0. The third-order valence-corrected chi connectivity index (χ3v) is 3.71. The van der Waals surface area contributed by atoms with Gasteiger partial charge in [-0.15, -0.1) is 0 Å². The van der Waals surface area contributed by atoms with Gasteiger partial charge in [-0.1, -0.05) is 52.8 Å². The van der Waals surface area contributed by atoms with E-state index < -0.39 is 0 Å². The zero-order chi connectivity index (χ0) is 11.3. The molecule has 0 nitrogen and oxygen atoms in total. The van der Waals surface area contributed by atoms with Crippen molar-refractivity contribution in [2.45, 2.75) is 58.3 Å². The minimum Gasteiger partial charge on any atom is -0.0617 e. The average Bonchev–Trinajstić information content (AvgIpc) is 2.41. The Morgan fingerprint density at radius 2 is 1.80 bits per heavy atom. The van der Waals surface area contributed by atoms with Crippen LogP contribution in [-0.4, -0.2) is 0 Å². The number of rotatable bonds is 0. The quantitative estimate of drug-likeness (QED) is 0.591. The van der Waals surface area contributed by atoms with Gasteiger partial charge in [-0.25, -0.2) is 0 Å². The van der Waals surface area contributed by atoms with Crippen LogP contribution in [0, 0.1) is 0 Å². The lowest BCUT2D eigenvalue weighted by Crippen LogP contribution is -2.16. The van der Waals surface area contributed by atoms with Gasteiger partial charge in [0.25, 0.3) is 0 Å². The van der Waals surface area contributed by atoms with Crippen LogP contribution in [0.1, 0.15) is 57.7 Å². The van der Waals surface area contributed by atoms with Crippen LogP contribution in [-0.2, 0) is 17.3 Å². The van der Waals surface area contributed by atoms with Crippen molar-refractivity contribution >= 4 is 0 Å². The highest BCUT2D eigenvalue weighted by molar-refractivity contribution is 5.46.